The summed E-state index contributed by atoms with van der Waals surface area (Å²) in [6, 6.07) is -0.855. The van der Waals surface area contributed by atoms with Gasteiger partial charge in [-0.2, -0.15) is 0 Å². The van der Waals surface area contributed by atoms with Crippen molar-refractivity contribution in [3.63, 3.8) is 0 Å². The summed E-state index contributed by atoms with van der Waals surface area (Å²) in [5.41, 5.74) is 0. The maximum Gasteiger partial charge on any atom is 0.326 e. The van der Waals surface area contributed by atoms with Crippen molar-refractivity contribution < 1.29 is 27.9 Å². The van der Waals surface area contributed by atoms with Crippen LogP contribution in [-0.4, -0.2) is 67.9 Å². The third-order valence-electron chi connectivity index (χ3n) is 3.10. The first kappa shape index (κ1) is 17.9. The molecular weight excluding hydrogens is 300 g/mol. The minimum atomic E-state index is -3.61. The van der Waals surface area contributed by atoms with Crippen LogP contribution in [-0.2, 0) is 24.3 Å². The number of nitrogens with zero attached hydrogens (tertiary/aromatic N) is 1. The zero-order valence-electron chi connectivity index (χ0n) is 12.2. The highest BCUT2D eigenvalue weighted by Gasteiger charge is 2.33. The summed E-state index contributed by atoms with van der Waals surface area (Å²) >= 11 is 0. The predicted molar refractivity (Wildman–Crippen MR) is 75.2 cm³/mol. The van der Waals surface area contributed by atoms with Gasteiger partial charge in [0.15, 0.2) is 0 Å². The molecule has 1 aliphatic heterocycles. The van der Waals surface area contributed by atoms with E-state index < -0.39 is 34.5 Å². The van der Waals surface area contributed by atoms with E-state index in [1.54, 1.807) is 13.8 Å². The van der Waals surface area contributed by atoms with Gasteiger partial charge in [-0.1, -0.05) is 0 Å². The standard InChI is InChI=1S/C12H22N2O6S/c1-9(2)20-6-7-21(18,19)13-8-11(15)14-5-3-4-10(14)12(16)17/h9-10,13H,3-8H2,1-2H3,(H,16,17)/t10-/m0/s1. The van der Waals surface area contributed by atoms with Gasteiger partial charge >= 0.3 is 5.97 Å². The summed E-state index contributed by atoms with van der Waals surface area (Å²) < 4.78 is 30.7. The molecule has 0 bridgehead atoms. The van der Waals surface area contributed by atoms with E-state index in [0.717, 1.165) is 0 Å². The Labute approximate surface area is 124 Å². The number of amides is 1. The fourth-order valence-corrected chi connectivity index (χ4v) is 2.86. The van der Waals surface area contributed by atoms with Crippen LogP contribution in [0, 0.1) is 0 Å². The quantitative estimate of drug-likeness (QED) is 0.617. The van der Waals surface area contributed by atoms with Crippen molar-refractivity contribution in [2.24, 2.45) is 0 Å². The van der Waals surface area contributed by atoms with Crippen molar-refractivity contribution in [3.8, 4) is 0 Å². The highest BCUT2D eigenvalue weighted by atomic mass is 32.2. The van der Waals surface area contributed by atoms with Gasteiger partial charge in [0.1, 0.15) is 6.04 Å². The highest BCUT2D eigenvalue weighted by molar-refractivity contribution is 7.89. The van der Waals surface area contributed by atoms with E-state index in [1.165, 1.54) is 4.90 Å². The SMILES string of the molecule is CC(C)OCCS(=O)(=O)NCC(=O)N1CCC[C@H]1C(=O)O. The zero-order chi connectivity index (χ0) is 16.0. The molecule has 1 fully saturated rings. The first-order valence-electron chi connectivity index (χ1n) is 6.84. The lowest BCUT2D eigenvalue weighted by molar-refractivity contribution is -0.147. The predicted octanol–water partition coefficient (Wildman–Crippen LogP) is -0.594. The fourth-order valence-electron chi connectivity index (χ4n) is 2.06. The number of hydrogen-bond acceptors (Lipinski definition) is 5. The van der Waals surface area contributed by atoms with Gasteiger partial charge < -0.3 is 14.7 Å². The van der Waals surface area contributed by atoms with Gasteiger partial charge in [-0.05, 0) is 26.7 Å². The van der Waals surface area contributed by atoms with Crippen molar-refractivity contribution >= 4 is 21.9 Å². The van der Waals surface area contributed by atoms with E-state index in [1.807, 2.05) is 0 Å². The Morgan fingerprint density at radius 1 is 1.43 bits per heavy atom. The zero-order valence-corrected chi connectivity index (χ0v) is 13.1. The smallest absolute Gasteiger partial charge is 0.326 e. The van der Waals surface area contributed by atoms with Gasteiger partial charge in [0, 0.05) is 6.54 Å². The number of carboxylic acids is 1. The molecule has 1 aliphatic rings. The lowest BCUT2D eigenvalue weighted by Crippen LogP contribution is -2.45. The fraction of sp³-hybridized carbons (Fsp3) is 0.833. The lowest BCUT2D eigenvalue weighted by Gasteiger charge is -2.21. The van der Waals surface area contributed by atoms with E-state index in [-0.39, 0.29) is 18.5 Å². The van der Waals surface area contributed by atoms with Crippen molar-refractivity contribution in [1.82, 2.24) is 9.62 Å². The highest BCUT2D eigenvalue weighted by Crippen LogP contribution is 2.17. The Hall–Kier alpha value is -1.19. The summed E-state index contributed by atoms with van der Waals surface area (Å²) in [7, 11) is -3.61. The molecule has 122 valence electrons. The number of likely N-dealkylation sites (tertiary alicyclic amines) is 1. The van der Waals surface area contributed by atoms with Crippen molar-refractivity contribution in [1.29, 1.82) is 0 Å². The second-order valence-electron chi connectivity index (χ2n) is 5.14. The average molecular weight is 322 g/mol. The molecule has 1 rings (SSSR count). The maximum atomic E-state index is 11.9. The largest absolute Gasteiger partial charge is 0.480 e. The van der Waals surface area contributed by atoms with Crippen LogP contribution in [0.2, 0.25) is 0 Å². The van der Waals surface area contributed by atoms with Crippen LogP contribution in [0.15, 0.2) is 0 Å². The first-order chi connectivity index (χ1) is 9.73. The van der Waals surface area contributed by atoms with Gasteiger partial charge in [0.2, 0.25) is 15.9 Å². The number of nitrogens with one attached hydrogen (secondary N) is 1. The molecule has 21 heavy (non-hydrogen) atoms. The summed E-state index contributed by atoms with van der Waals surface area (Å²) in [6.45, 7) is 3.55. The molecular formula is C12H22N2O6S. The number of hydrogen-bond donors (Lipinski definition) is 2. The normalized spacial score (nSPS) is 19.2. The van der Waals surface area contributed by atoms with Crippen LogP contribution in [0.1, 0.15) is 26.7 Å². The Balaban J connectivity index is 2.43. The first-order valence-corrected chi connectivity index (χ1v) is 8.49. The average Bonchev–Trinajstić information content (AvgIpc) is 2.84. The molecule has 8 nitrogen and oxygen atoms in total. The lowest BCUT2D eigenvalue weighted by atomic mass is 10.2. The molecule has 0 unspecified atom stereocenters. The number of carbonyl (C=O) groups excluding carboxylic acids is 1. The molecule has 0 saturated carbocycles. The van der Waals surface area contributed by atoms with Crippen LogP contribution < -0.4 is 4.72 Å². The number of rotatable bonds is 8. The van der Waals surface area contributed by atoms with Crippen molar-refractivity contribution in [2.75, 3.05) is 25.4 Å². The Kier molecular flexibility index (Phi) is 6.56. The molecule has 1 saturated heterocycles. The summed E-state index contributed by atoms with van der Waals surface area (Å²) in [5.74, 6) is -1.82. The number of sulfonamides is 1. The molecule has 0 spiro atoms. The van der Waals surface area contributed by atoms with E-state index in [4.69, 9.17) is 9.84 Å². The van der Waals surface area contributed by atoms with Gasteiger partial charge in [-0.3, -0.25) is 4.79 Å². The topological polar surface area (TPSA) is 113 Å². The number of carbonyl (C=O) groups is 2. The monoisotopic (exact) mass is 322 g/mol. The van der Waals surface area contributed by atoms with Crippen LogP contribution in [0.25, 0.3) is 0 Å². The third-order valence-corrected chi connectivity index (χ3v) is 4.39. The maximum absolute atomic E-state index is 11.9. The minimum Gasteiger partial charge on any atom is -0.480 e. The summed E-state index contributed by atoms with van der Waals surface area (Å²) in [4.78, 5) is 24.1. The van der Waals surface area contributed by atoms with Gasteiger partial charge in [0.25, 0.3) is 0 Å². The van der Waals surface area contributed by atoms with E-state index >= 15 is 0 Å². The molecule has 0 aromatic rings. The van der Waals surface area contributed by atoms with Crippen LogP contribution >= 0.6 is 0 Å². The molecule has 0 aromatic carbocycles. The van der Waals surface area contributed by atoms with Crippen molar-refractivity contribution in [2.45, 2.75) is 38.8 Å². The minimum absolute atomic E-state index is 0.0443. The molecule has 1 heterocycles. The molecule has 0 aliphatic carbocycles. The Bertz CT molecular complexity index is 476. The van der Waals surface area contributed by atoms with Gasteiger partial charge in [-0.15, -0.1) is 0 Å². The van der Waals surface area contributed by atoms with Gasteiger partial charge in [0.05, 0.1) is 25.0 Å². The third kappa shape index (κ3) is 5.98. The molecule has 9 heteroatoms. The molecule has 0 aromatic heterocycles. The molecule has 1 amide bonds. The van der Waals surface area contributed by atoms with E-state index in [9.17, 15) is 18.0 Å². The molecule has 2 N–H and O–H groups in total. The van der Waals surface area contributed by atoms with Crippen LogP contribution in [0.5, 0.6) is 0 Å². The second kappa shape index (κ2) is 7.71. The summed E-state index contributed by atoms with van der Waals surface area (Å²) in [5, 5.41) is 8.98. The van der Waals surface area contributed by atoms with Crippen LogP contribution in [0.3, 0.4) is 0 Å². The summed E-state index contributed by atoms with van der Waals surface area (Å²) in [6.07, 6.45) is 0.941. The van der Waals surface area contributed by atoms with E-state index in [0.29, 0.717) is 19.4 Å². The Morgan fingerprint density at radius 3 is 2.67 bits per heavy atom. The second-order valence-corrected chi connectivity index (χ2v) is 7.07. The molecule has 0 radical (unpaired) electrons. The Morgan fingerprint density at radius 2 is 2.10 bits per heavy atom. The number of aliphatic carboxylic acids is 1. The number of ether oxygens (including phenoxy) is 1. The van der Waals surface area contributed by atoms with Crippen LogP contribution in [0.4, 0.5) is 0 Å². The van der Waals surface area contributed by atoms with Gasteiger partial charge in [-0.25, -0.2) is 17.9 Å². The van der Waals surface area contributed by atoms with Crippen molar-refractivity contribution in [3.05, 3.63) is 0 Å². The molecule has 1 atom stereocenters. The number of carboxylic acid groups (broad SMARTS) is 1. The van der Waals surface area contributed by atoms with E-state index in [2.05, 4.69) is 4.72 Å².